The van der Waals surface area contributed by atoms with Crippen LogP contribution in [0, 0.1) is 0 Å². The lowest BCUT2D eigenvalue weighted by molar-refractivity contribution is -0.140. The molecule has 1 fully saturated rings. The van der Waals surface area contributed by atoms with Gasteiger partial charge < -0.3 is 19.5 Å². The van der Waals surface area contributed by atoms with E-state index >= 15 is 0 Å². The van der Waals surface area contributed by atoms with Crippen molar-refractivity contribution < 1.29 is 19.4 Å². The molecule has 1 saturated carbocycles. The maximum atomic E-state index is 13.8. The second-order valence-corrected chi connectivity index (χ2v) is 7.72. The Bertz CT molecular complexity index is 858. The van der Waals surface area contributed by atoms with Gasteiger partial charge in [-0.3, -0.25) is 4.79 Å². The fraction of sp³-hybridized carbons (Fsp3) is 0.435. The van der Waals surface area contributed by atoms with E-state index in [4.69, 9.17) is 9.47 Å². The number of ether oxygens (including phenoxy) is 2. The molecule has 1 aliphatic heterocycles. The first kappa shape index (κ1) is 18.8. The van der Waals surface area contributed by atoms with Crippen molar-refractivity contribution in [1.29, 1.82) is 0 Å². The summed E-state index contributed by atoms with van der Waals surface area (Å²) in [6, 6.07) is 13.7. The van der Waals surface area contributed by atoms with Crippen molar-refractivity contribution in [2.45, 2.75) is 43.7 Å². The first-order chi connectivity index (χ1) is 13.6. The van der Waals surface area contributed by atoms with Crippen molar-refractivity contribution in [2.24, 2.45) is 0 Å². The van der Waals surface area contributed by atoms with Gasteiger partial charge in [-0.05, 0) is 30.5 Å². The zero-order valence-electron chi connectivity index (χ0n) is 16.5. The number of hydrogen-bond donors (Lipinski definition) is 1. The number of benzene rings is 2. The lowest BCUT2D eigenvalue weighted by atomic mass is 9.77. The Hall–Kier alpha value is -2.53. The fourth-order valence-corrected chi connectivity index (χ4v) is 4.90. The molecule has 2 aromatic carbocycles. The molecular formula is C23H27NO4. The molecule has 28 heavy (non-hydrogen) atoms. The number of hydrogen-bond acceptors (Lipinski definition) is 4. The van der Waals surface area contributed by atoms with Crippen LogP contribution < -0.4 is 9.47 Å². The molecule has 0 radical (unpaired) electrons. The number of aliphatic hydroxyl groups excluding tert-OH is 1. The molecule has 1 atom stereocenters. The van der Waals surface area contributed by atoms with Crippen molar-refractivity contribution in [3.8, 4) is 11.5 Å². The smallest absolute Gasteiger partial charge is 0.233 e. The molecule has 2 aliphatic rings. The number of rotatable bonds is 4. The molecular weight excluding hydrogens is 354 g/mol. The van der Waals surface area contributed by atoms with Crippen LogP contribution in [0.2, 0.25) is 0 Å². The van der Waals surface area contributed by atoms with Crippen molar-refractivity contribution in [2.75, 3.05) is 20.8 Å². The standard InChI is InChI=1S/C23H27NO4/c1-27-19-10-11-20(28-2)21-17(19)14-24(15-18(21)25)22(26)23(12-6-7-13-23)16-8-4-3-5-9-16/h3-5,8-11,18,25H,6-7,12-15H2,1-2H3. The van der Waals surface area contributed by atoms with Gasteiger partial charge >= 0.3 is 0 Å². The number of carbonyl (C=O) groups is 1. The molecule has 1 heterocycles. The molecule has 1 N–H and O–H groups in total. The number of carbonyl (C=O) groups excluding carboxylic acids is 1. The predicted molar refractivity (Wildman–Crippen MR) is 107 cm³/mol. The number of β-amino-alcohol motifs (C(OH)–C–C–N with tert-alkyl or cyclic N) is 1. The number of aliphatic hydroxyl groups is 1. The topological polar surface area (TPSA) is 59.0 Å². The summed E-state index contributed by atoms with van der Waals surface area (Å²) >= 11 is 0. The van der Waals surface area contributed by atoms with Gasteiger partial charge in [0, 0.05) is 17.7 Å². The maximum absolute atomic E-state index is 13.8. The molecule has 0 aromatic heterocycles. The van der Waals surface area contributed by atoms with Crippen LogP contribution in [0.1, 0.15) is 48.5 Å². The largest absolute Gasteiger partial charge is 0.496 e. The van der Waals surface area contributed by atoms with Gasteiger partial charge in [0.1, 0.15) is 17.6 Å². The van der Waals surface area contributed by atoms with Crippen LogP contribution in [-0.2, 0) is 16.8 Å². The highest BCUT2D eigenvalue weighted by atomic mass is 16.5. The summed E-state index contributed by atoms with van der Waals surface area (Å²) in [7, 11) is 3.20. The summed E-state index contributed by atoms with van der Waals surface area (Å²) in [5.74, 6) is 1.41. The molecule has 0 spiro atoms. The monoisotopic (exact) mass is 381 g/mol. The number of amides is 1. The maximum Gasteiger partial charge on any atom is 0.233 e. The molecule has 2 aromatic rings. The van der Waals surface area contributed by atoms with Crippen LogP contribution in [0.4, 0.5) is 0 Å². The van der Waals surface area contributed by atoms with Gasteiger partial charge in [-0.25, -0.2) is 0 Å². The first-order valence-electron chi connectivity index (χ1n) is 9.87. The van der Waals surface area contributed by atoms with Gasteiger partial charge in [0.15, 0.2) is 0 Å². The van der Waals surface area contributed by atoms with Crippen molar-refractivity contribution in [1.82, 2.24) is 4.90 Å². The minimum Gasteiger partial charge on any atom is -0.496 e. The van der Waals surface area contributed by atoms with E-state index in [9.17, 15) is 9.90 Å². The third-order valence-corrected chi connectivity index (χ3v) is 6.27. The van der Waals surface area contributed by atoms with E-state index in [0.29, 0.717) is 18.0 Å². The number of fused-ring (bicyclic) bond motifs is 1. The average molecular weight is 381 g/mol. The molecule has 0 saturated heterocycles. The lowest BCUT2D eigenvalue weighted by Gasteiger charge is -2.39. The molecule has 4 rings (SSSR count). The Kier molecular flexibility index (Phi) is 5.02. The number of methoxy groups -OCH3 is 2. The van der Waals surface area contributed by atoms with Crippen LogP contribution >= 0.6 is 0 Å². The molecule has 5 heteroatoms. The summed E-state index contributed by atoms with van der Waals surface area (Å²) in [5, 5.41) is 10.9. The van der Waals surface area contributed by atoms with E-state index in [1.165, 1.54) is 0 Å². The quantitative estimate of drug-likeness (QED) is 0.879. The molecule has 1 amide bonds. The van der Waals surface area contributed by atoms with Crippen molar-refractivity contribution in [3.05, 3.63) is 59.2 Å². The minimum atomic E-state index is -0.799. The van der Waals surface area contributed by atoms with Gasteiger partial charge in [0.2, 0.25) is 5.91 Å². The van der Waals surface area contributed by atoms with E-state index in [1.807, 2.05) is 24.3 Å². The third-order valence-electron chi connectivity index (χ3n) is 6.27. The minimum absolute atomic E-state index is 0.103. The third kappa shape index (κ3) is 2.94. The molecule has 0 bridgehead atoms. The average Bonchev–Trinajstić information content (AvgIpc) is 3.24. The van der Waals surface area contributed by atoms with Crippen LogP contribution in [0.3, 0.4) is 0 Å². The predicted octanol–water partition coefficient (Wildman–Crippen LogP) is 3.59. The van der Waals surface area contributed by atoms with Crippen molar-refractivity contribution in [3.63, 3.8) is 0 Å². The Balaban J connectivity index is 1.72. The second kappa shape index (κ2) is 7.47. The Morgan fingerprint density at radius 1 is 1.04 bits per heavy atom. The van der Waals surface area contributed by atoms with Crippen LogP contribution in [-0.4, -0.2) is 36.7 Å². The number of nitrogens with zero attached hydrogens (tertiary/aromatic N) is 1. The van der Waals surface area contributed by atoms with Crippen LogP contribution in [0.15, 0.2) is 42.5 Å². The Morgan fingerprint density at radius 3 is 2.32 bits per heavy atom. The van der Waals surface area contributed by atoms with E-state index in [2.05, 4.69) is 12.1 Å². The van der Waals surface area contributed by atoms with E-state index in [0.717, 1.165) is 42.4 Å². The molecule has 5 nitrogen and oxygen atoms in total. The van der Waals surface area contributed by atoms with E-state index in [1.54, 1.807) is 25.2 Å². The van der Waals surface area contributed by atoms with Crippen LogP contribution in [0.25, 0.3) is 0 Å². The first-order valence-corrected chi connectivity index (χ1v) is 9.87. The van der Waals surface area contributed by atoms with Gasteiger partial charge in [-0.15, -0.1) is 0 Å². The lowest BCUT2D eigenvalue weighted by Crippen LogP contribution is -2.48. The van der Waals surface area contributed by atoms with Crippen LogP contribution in [0.5, 0.6) is 11.5 Å². The Labute approximate surface area is 165 Å². The highest BCUT2D eigenvalue weighted by Gasteiger charge is 2.46. The summed E-state index contributed by atoms with van der Waals surface area (Å²) in [4.78, 5) is 15.6. The SMILES string of the molecule is COc1ccc(OC)c2c1CN(C(=O)C1(c3ccccc3)CCCC1)CC2O. The molecule has 148 valence electrons. The highest BCUT2D eigenvalue weighted by Crippen LogP contribution is 2.45. The van der Waals surface area contributed by atoms with Gasteiger partial charge in [-0.2, -0.15) is 0 Å². The van der Waals surface area contributed by atoms with E-state index in [-0.39, 0.29) is 12.5 Å². The van der Waals surface area contributed by atoms with E-state index < -0.39 is 11.5 Å². The Morgan fingerprint density at radius 2 is 1.68 bits per heavy atom. The second-order valence-electron chi connectivity index (χ2n) is 7.72. The zero-order valence-corrected chi connectivity index (χ0v) is 16.5. The fourth-order valence-electron chi connectivity index (χ4n) is 4.90. The summed E-state index contributed by atoms with van der Waals surface area (Å²) in [6.45, 7) is 0.685. The van der Waals surface area contributed by atoms with Gasteiger partial charge in [0.25, 0.3) is 0 Å². The normalized spacial score (nSPS) is 20.5. The molecule has 1 unspecified atom stereocenters. The highest BCUT2D eigenvalue weighted by molar-refractivity contribution is 5.89. The summed E-state index contributed by atoms with van der Waals surface area (Å²) in [5.41, 5.74) is 2.14. The van der Waals surface area contributed by atoms with Gasteiger partial charge in [0.05, 0.1) is 26.2 Å². The van der Waals surface area contributed by atoms with Gasteiger partial charge in [-0.1, -0.05) is 43.2 Å². The summed E-state index contributed by atoms with van der Waals surface area (Å²) in [6.07, 6.45) is 3.00. The van der Waals surface area contributed by atoms with Crippen molar-refractivity contribution >= 4 is 5.91 Å². The zero-order chi connectivity index (χ0) is 19.7. The summed E-state index contributed by atoms with van der Waals surface area (Å²) < 4.78 is 11.0. The molecule has 1 aliphatic carbocycles.